The van der Waals surface area contributed by atoms with Crippen molar-refractivity contribution in [3.05, 3.63) is 41.6 Å². The molecule has 5 rings (SSSR count). The normalized spacial score (nSPS) is 24.8. The van der Waals surface area contributed by atoms with Crippen molar-refractivity contribution in [2.75, 3.05) is 11.5 Å². The van der Waals surface area contributed by atoms with Crippen LogP contribution in [0.5, 0.6) is 0 Å². The van der Waals surface area contributed by atoms with Gasteiger partial charge in [-0.05, 0) is 23.4 Å². The summed E-state index contributed by atoms with van der Waals surface area (Å²) in [6.45, 7) is 0. The SMILES string of the molecule is Nc1nc(-c2cccs2)nc2c1nc(C1=CC=CC1)n2[C@@H]1SC[C@H](O)C1O. The van der Waals surface area contributed by atoms with E-state index >= 15 is 0 Å². The molecule has 4 heterocycles. The van der Waals surface area contributed by atoms with Crippen LogP contribution < -0.4 is 5.73 Å². The van der Waals surface area contributed by atoms with Gasteiger partial charge in [0.05, 0.1) is 11.0 Å². The molecule has 4 N–H and O–H groups in total. The molecule has 1 saturated heterocycles. The molecule has 7 nitrogen and oxygen atoms in total. The van der Waals surface area contributed by atoms with Gasteiger partial charge in [-0.1, -0.05) is 24.3 Å². The molecule has 0 spiro atoms. The van der Waals surface area contributed by atoms with E-state index in [0.29, 0.717) is 34.4 Å². The number of rotatable bonds is 3. The van der Waals surface area contributed by atoms with Crippen LogP contribution in [0.4, 0.5) is 5.82 Å². The second-order valence-electron chi connectivity index (χ2n) is 6.49. The van der Waals surface area contributed by atoms with Crippen LogP contribution in [0.2, 0.25) is 0 Å². The van der Waals surface area contributed by atoms with Crippen molar-refractivity contribution in [1.82, 2.24) is 19.5 Å². The van der Waals surface area contributed by atoms with Crippen molar-refractivity contribution in [3.63, 3.8) is 0 Å². The lowest BCUT2D eigenvalue weighted by molar-refractivity contribution is 0.0312. The van der Waals surface area contributed by atoms with Gasteiger partial charge in [-0.15, -0.1) is 23.1 Å². The first-order valence-electron chi connectivity index (χ1n) is 8.56. The number of nitrogens with two attached hydrogens (primary N) is 1. The third kappa shape index (κ3) is 2.69. The van der Waals surface area contributed by atoms with Crippen LogP contribution >= 0.6 is 23.1 Å². The maximum Gasteiger partial charge on any atom is 0.173 e. The average molecular weight is 400 g/mol. The summed E-state index contributed by atoms with van der Waals surface area (Å²) >= 11 is 3.03. The summed E-state index contributed by atoms with van der Waals surface area (Å²) in [4.78, 5) is 14.8. The topological polar surface area (TPSA) is 110 Å². The molecule has 3 aromatic heterocycles. The molecule has 0 aromatic carbocycles. The van der Waals surface area contributed by atoms with Crippen LogP contribution in [0.1, 0.15) is 17.6 Å². The number of aliphatic hydroxyl groups excluding tert-OH is 2. The molecule has 0 saturated carbocycles. The van der Waals surface area contributed by atoms with Crippen LogP contribution in [-0.2, 0) is 0 Å². The Labute approximate surface area is 163 Å². The van der Waals surface area contributed by atoms with Crippen LogP contribution in [0, 0.1) is 0 Å². The quantitative estimate of drug-likeness (QED) is 0.620. The third-order valence-electron chi connectivity index (χ3n) is 4.75. The monoisotopic (exact) mass is 399 g/mol. The van der Waals surface area contributed by atoms with Gasteiger partial charge in [0.1, 0.15) is 17.3 Å². The fourth-order valence-electron chi connectivity index (χ4n) is 3.40. The van der Waals surface area contributed by atoms with Crippen molar-refractivity contribution >= 4 is 45.7 Å². The second kappa shape index (κ2) is 6.45. The number of allylic oxidation sites excluding steroid dienone is 4. The fraction of sp³-hybridized carbons (Fsp3) is 0.278. The van der Waals surface area contributed by atoms with E-state index in [1.807, 2.05) is 34.2 Å². The maximum atomic E-state index is 10.6. The predicted octanol–water partition coefficient (Wildman–Crippen LogP) is 2.45. The number of fused-ring (bicyclic) bond motifs is 1. The predicted molar refractivity (Wildman–Crippen MR) is 108 cm³/mol. The Bertz CT molecular complexity index is 1070. The van der Waals surface area contributed by atoms with Crippen molar-refractivity contribution in [2.24, 2.45) is 0 Å². The standard InChI is InChI=1S/C18H17N5O2S2/c19-14-12-17(22-15(21-14)11-6-3-7-26-11)23(18-13(25)10(24)8-27-18)16(20-12)9-4-1-2-5-9/h1-4,6-7,10,13,18,24-25H,5,8H2,(H2,19,21,22)/t10-,13?,18+/m0/s1. The second-order valence-corrected chi connectivity index (χ2v) is 8.59. The highest BCUT2D eigenvalue weighted by molar-refractivity contribution is 7.99. The van der Waals surface area contributed by atoms with E-state index < -0.39 is 12.2 Å². The Hall–Kier alpha value is -2.20. The number of hydrogen-bond donors (Lipinski definition) is 3. The molecule has 9 heteroatoms. The lowest BCUT2D eigenvalue weighted by Gasteiger charge is -2.20. The molecule has 138 valence electrons. The number of anilines is 1. The molecule has 0 bridgehead atoms. The highest BCUT2D eigenvalue weighted by atomic mass is 32.2. The van der Waals surface area contributed by atoms with Gasteiger partial charge in [-0.3, -0.25) is 4.57 Å². The number of nitrogen functional groups attached to an aromatic ring is 1. The Balaban J connectivity index is 1.76. The summed E-state index contributed by atoms with van der Waals surface area (Å²) in [5.41, 5.74) is 8.36. The van der Waals surface area contributed by atoms with Crippen LogP contribution in [0.15, 0.2) is 35.7 Å². The fourth-order valence-corrected chi connectivity index (χ4v) is 5.38. The highest BCUT2D eigenvalue weighted by Gasteiger charge is 2.38. The summed E-state index contributed by atoms with van der Waals surface area (Å²) < 4.78 is 1.91. The van der Waals surface area contributed by atoms with Crippen LogP contribution in [0.3, 0.4) is 0 Å². The molecule has 2 aliphatic rings. The number of thioether (sulfide) groups is 1. The maximum absolute atomic E-state index is 10.6. The molecule has 1 unspecified atom stereocenters. The summed E-state index contributed by atoms with van der Waals surface area (Å²) in [6.07, 6.45) is 5.12. The zero-order valence-electron chi connectivity index (χ0n) is 14.2. The zero-order chi connectivity index (χ0) is 18.5. The minimum absolute atomic E-state index is 0.313. The van der Waals surface area contributed by atoms with Crippen molar-refractivity contribution in [3.8, 4) is 10.7 Å². The van der Waals surface area contributed by atoms with Gasteiger partial charge in [0.2, 0.25) is 0 Å². The van der Waals surface area contributed by atoms with Gasteiger partial charge in [0.25, 0.3) is 0 Å². The van der Waals surface area contributed by atoms with Crippen molar-refractivity contribution in [2.45, 2.75) is 24.0 Å². The molecular weight excluding hydrogens is 382 g/mol. The molecule has 1 aliphatic heterocycles. The van der Waals surface area contributed by atoms with Gasteiger partial charge in [0, 0.05) is 5.75 Å². The number of nitrogens with zero attached hydrogens (tertiary/aromatic N) is 4. The number of hydrogen-bond acceptors (Lipinski definition) is 8. The number of aromatic nitrogens is 4. The largest absolute Gasteiger partial charge is 0.389 e. The summed E-state index contributed by atoms with van der Waals surface area (Å²) in [5, 5.41) is 22.2. The first kappa shape index (κ1) is 16.9. The Kier molecular flexibility index (Phi) is 4.05. The van der Waals surface area contributed by atoms with Gasteiger partial charge < -0.3 is 15.9 Å². The summed E-state index contributed by atoms with van der Waals surface area (Å²) in [6, 6.07) is 3.88. The Morgan fingerprint density at radius 3 is 2.78 bits per heavy atom. The van der Waals surface area contributed by atoms with E-state index in [1.54, 1.807) is 0 Å². The lowest BCUT2D eigenvalue weighted by Crippen LogP contribution is -2.28. The first-order chi connectivity index (χ1) is 13.1. The first-order valence-corrected chi connectivity index (χ1v) is 10.5. The minimum Gasteiger partial charge on any atom is -0.389 e. The number of aliphatic hydroxyl groups is 2. The van der Waals surface area contributed by atoms with Crippen LogP contribution in [0.25, 0.3) is 27.4 Å². The van der Waals surface area contributed by atoms with E-state index in [-0.39, 0.29) is 5.37 Å². The molecular formula is C18H17N5O2S2. The van der Waals surface area contributed by atoms with E-state index in [9.17, 15) is 10.2 Å². The van der Waals surface area contributed by atoms with Gasteiger partial charge >= 0.3 is 0 Å². The average Bonchev–Trinajstić information content (AvgIpc) is 3.42. The van der Waals surface area contributed by atoms with Gasteiger partial charge in [-0.25, -0.2) is 15.0 Å². The molecule has 3 atom stereocenters. The van der Waals surface area contributed by atoms with Gasteiger partial charge in [0.15, 0.2) is 22.8 Å². The van der Waals surface area contributed by atoms with E-state index in [1.165, 1.54) is 23.1 Å². The van der Waals surface area contributed by atoms with E-state index in [2.05, 4.69) is 11.1 Å². The number of imidazole rings is 1. The molecule has 27 heavy (non-hydrogen) atoms. The van der Waals surface area contributed by atoms with E-state index in [0.717, 1.165) is 16.9 Å². The Morgan fingerprint density at radius 1 is 1.22 bits per heavy atom. The third-order valence-corrected chi connectivity index (χ3v) is 6.98. The van der Waals surface area contributed by atoms with Crippen molar-refractivity contribution < 1.29 is 10.2 Å². The lowest BCUT2D eigenvalue weighted by atomic mass is 10.2. The Morgan fingerprint density at radius 2 is 2.11 bits per heavy atom. The molecule has 1 aliphatic carbocycles. The summed E-state index contributed by atoms with van der Waals surface area (Å²) in [5.74, 6) is 2.03. The highest BCUT2D eigenvalue weighted by Crippen LogP contribution is 2.42. The molecule has 0 amide bonds. The van der Waals surface area contributed by atoms with Crippen LogP contribution in [-0.4, -0.2) is 47.7 Å². The molecule has 1 fully saturated rings. The van der Waals surface area contributed by atoms with Gasteiger partial charge in [-0.2, -0.15) is 0 Å². The van der Waals surface area contributed by atoms with E-state index in [4.69, 9.17) is 15.7 Å². The molecule has 0 radical (unpaired) electrons. The molecule has 3 aromatic rings. The van der Waals surface area contributed by atoms with Crippen molar-refractivity contribution in [1.29, 1.82) is 0 Å². The minimum atomic E-state index is -0.900. The summed E-state index contributed by atoms with van der Waals surface area (Å²) in [7, 11) is 0. The smallest absolute Gasteiger partial charge is 0.173 e. The zero-order valence-corrected chi connectivity index (χ0v) is 15.8. The number of thiophene rings is 1.